The average molecular weight is 276 g/mol. The molecule has 2 rings (SSSR count). The Morgan fingerprint density at radius 3 is 2.70 bits per heavy atom. The van der Waals surface area contributed by atoms with Crippen molar-refractivity contribution in [3.63, 3.8) is 0 Å². The molecule has 106 valence electrons. The highest BCUT2D eigenvalue weighted by atomic mass is 16.4. The van der Waals surface area contributed by atoms with Crippen molar-refractivity contribution in [1.29, 1.82) is 0 Å². The van der Waals surface area contributed by atoms with Crippen molar-refractivity contribution in [3.8, 4) is 0 Å². The summed E-state index contributed by atoms with van der Waals surface area (Å²) in [4.78, 5) is 28.6. The first kappa shape index (κ1) is 14.2. The van der Waals surface area contributed by atoms with Crippen LogP contribution in [0.2, 0.25) is 0 Å². The Morgan fingerprint density at radius 2 is 2.05 bits per heavy atom. The Hall–Kier alpha value is -2.21. The van der Waals surface area contributed by atoms with E-state index in [9.17, 15) is 14.7 Å². The molecule has 1 aliphatic rings. The van der Waals surface area contributed by atoms with Gasteiger partial charge in [-0.05, 0) is 25.0 Å². The number of carboxylic acid groups (broad SMARTS) is 1. The molecule has 1 aliphatic heterocycles. The van der Waals surface area contributed by atoms with Gasteiger partial charge in [-0.1, -0.05) is 6.07 Å². The number of aliphatic carboxylic acids is 1. The van der Waals surface area contributed by atoms with E-state index >= 15 is 0 Å². The van der Waals surface area contributed by atoms with Gasteiger partial charge in [-0.3, -0.25) is 9.78 Å². The van der Waals surface area contributed by atoms with Gasteiger partial charge in [0, 0.05) is 30.9 Å². The summed E-state index contributed by atoms with van der Waals surface area (Å²) in [5, 5.41) is 18.1. The zero-order valence-electron chi connectivity index (χ0n) is 10.9. The van der Waals surface area contributed by atoms with Crippen LogP contribution < -0.4 is 0 Å². The van der Waals surface area contributed by atoms with Crippen molar-refractivity contribution >= 4 is 18.0 Å². The van der Waals surface area contributed by atoms with E-state index in [0.29, 0.717) is 31.5 Å². The minimum Gasteiger partial charge on any atom is -0.478 e. The van der Waals surface area contributed by atoms with E-state index in [4.69, 9.17) is 5.11 Å². The Bertz CT molecular complexity index is 534. The predicted octanol–water partition coefficient (Wildman–Crippen LogP) is 0.776. The van der Waals surface area contributed by atoms with Crippen LogP contribution in [0.15, 0.2) is 24.4 Å². The lowest BCUT2D eigenvalue weighted by Gasteiger charge is -2.29. The molecule has 1 aromatic rings. The molecule has 2 N–H and O–H groups in total. The summed E-state index contributed by atoms with van der Waals surface area (Å²) in [6.45, 7) is 0.970. The number of likely N-dealkylation sites (tertiary alicyclic amines) is 1. The van der Waals surface area contributed by atoms with Crippen molar-refractivity contribution < 1.29 is 19.8 Å². The van der Waals surface area contributed by atoms with Gasteiger partial charge in [-0.2, -0.15) is 0 Å². The van der Waals surface area contributed by atoms with Crippen molar-refractivity contribution in [3.05, 3.63) is 35.7 Å². The third-order valence-electron chi connectivity index (χ3n) is 3.20. The molecule has 0 radical (unpaired) electrons. The maximum absolute atomic E-state index is 12.4. The van der Waals surface area contributed by atoms with Crippen LogP contribution in [0.25, 0.3) is 6.08 Å². The normalized spacial score (nSPS) is 16.6. The van der Waals surface area contributed by atoms with E-state index in [1.54, 1.807) is 17.0 Å². The van der Waals surface area contributed by atoms with Crippen LogP contribution in [0.1, 0.15) is 28.9 Å². The molecule has 6 nitrogen and oxygen atoms in total. The second kappa shape index (κ2) is 6.29. The molecule has 1 fully saturated rings. The summed E-state index contributed by atoms with van der Waals surface area (Å²) in [7, 11) is 0. The van der Waals surface area contributed by atoms with Crippen molar-refractivity contribution in [1.82, 2.24) is 9.88 Å². The van der Waals surface area contributed by atoms with Gasteiger partial charge in [0.25, 0.3) is 5.91 Å². The molecular weight excluding hydrogens is 260 g/mol. The summed E-state index contributed by atoms with van der Waals surface area (Å²) in [6.07, 6.45) is 4.60. The molecule has 1 amide bonds. The lowest BCUT2D eigenvalue weighted by atomic mass is 10.1. The standard InChI is InChI=1S/C14H16N2O4/c17-11-5-8-16(9-6-11)14(20)13-10(2-1-7-15-13)3-4-12(18)19/h1-4,7,11,17H,5-6,8-9H2,(H,18,19)/b4-3+. The monoisotopic (exact) mass is 276 g/mol. The highest BCUT2D eigenvalue weighted by Gasteiger charge is 2.24. The first-order chi connectivity index (χ1) is 9.58. The number of aromatic nitrogens is 1. The molecule has 6 heteroatoms. The molecule has 1 aromatic heterocycles. The fraction of sp³-hybridized carbons (Fsp3) is 0.357. The average Bonchev–Trinajstić information content (AvgIpc) is 2.45. The van der Waals surface area contributed by atoms with Gasteiger partial charge in [0.1, 0.15) is 5.69 Å². The molecular formula is C14H16N2O4. The van der Waals surface area contributed by atoms with Gasteiger partial charge in [-0.15, -0.1) is 0 Å². The molecule has 2 heterocycles. The fourth-order valence-electron chi connectivity index (χ4n) is 2.11. The Morgan fingerprint density at radius 1 is 1.35 bits per heavy atom. The van der Waals surface area contributed by atoms with Gasteiger partial charge in [0.2, 0.25) is 0 Å². The fourth-order valence-corrected chi connectivity index (χ4v) is 2.11. The molecule has 0 bridgehead atoms. The molecule has 0 spiro atoms. The number of rotatable bonds is 3. The Balaban J connectivity index is 2.19. The summed E-state index contributed by atoms with van der Waals surface area (Å²) in [6, 6.07) is 3.30. The first-order valence-electron chi connectivity index (χ1n) is 6.41. The van der Waals surface area contributed by atoms with Crippen molar-refractivity contribution in [2.45, 2.75) is 18.9 Å². The number of carboxylic acids is 1. The third-order valence-corrected chi connectivity index (χ3v) is 3.20. The zero-order valence-corrected chi connectivity index (χ0v) is 10.9. The SMILES string of the molecule is O=C(O)/C=C/c1cccnc1C(=O)N1CCC(O)CC1. The summed E-state index contributed by atoms with van der Waals surface area (Å²) in [5.41, 5.74) is 0.715. The van der Waals surface area contributed by atoms with Gasteiger partial charge < -0.3 is 15.1 Å². The first-order valence-corrected chi connectivity index (χ1v) is 6.41. The van der Waals surface area contributed by atoms with E-state index in [1.165, 1.54) is 12.3 Å². The number of amides is 1. The van der Waals surface area contributed by atoms with Crippen molar-refractivity contribution in [2.75, 3.05) is 13.1 Å². The number of aliphatic hydroxyl groups is 1. The summed E-state index contributed by atoms with van der Waals surface area (Å²) < 4.78 is 0. The molecule has 0 aliphatic carbocycles. The number of hydrogen-bond acceptors (Lipinski definition) is 4. The maximum atomic E-state index is 12.4. The van der Waals surface area contributed by atoms with Crippen LogP contribution in [-0.2, 0) is 4.79 Å². The zero-order chi connectivity index (χ0) is 14.5. The van der Waals surface area contributed by atoms with Gasteiger partial charge in [-0.25, -0.2) is 4.79 Å². The molecule has 0 unspecified atom stereocenters. The van der Waals surface area contributed by atoms with Crippen LogP contribution >= 0.6 is 0 Å². The van der Waals surface area contributed by atoms with Crippen LogP contribution in [0.4, 0.5) is 0 Å². The van der Waals surface area contributed by atoms with Crippen LogP contribution in [-0.4, -0.2) is 51.2 Å². The van der Waals surface area contributed by atoms with Crippen LogP contribution in [0.3, 0.4) is 0 Å². The van der Waals surface area contributed by atoms with Gasteiger partial charge >= 0.3 is 5.97 Å². The highest BCUT2D eigenvalue weighted by Crippen LogP contribution is 2.16. The highest BCUT2D eigenvalue weighted by molar-refractivity contribution is 5.97. The largest absolute Gasteiger partial charge is 0.478 e. The van der Waals surface area contributed by atoms with Gasteiger partial charge in [0.15, 0.2) is 0 Å². The molecule has 1 saturated heterocycles. The van der Waals surface area contributed by atoms with Gasteiger partial charge in [0.05, 0.1) is 6.10 Å². The lowest BCUT2D eigenvalue weighted by molar-refractivity contribution is -0.131. The second-order valence-electron chi connectivity index (χ2n) is 4.64. The maximum Gasteiger partial charge on any atom is 0.328 e. The minimum atomic E-state index is -1.08. The number of nitrogens with zero attached hydrogens (tertiary/aromatic N) is 2. The Labute approximate surface area is 116 Å². The lowest BCUT2D eigenvalue weighted by Crippen LogP contribution is -2.40. The minimum absolute atomic E-state index is 0.234. The summed E-state index contributed by atoms with van der Waals surface area (Å²) >= 11 is 0. The second-order valence-corrected chi connectivity index (χ2v) is 4.64. The number of aliphatic hydroxyl groups excluding tert-OH is 1. The molecule has 0 atom stereocenters. The van der Waals surface area contributed by atoms with Crippen molar-refractivity contribution in [2.24, 2.45) is 0 Å². The quantitative estimate of drug-likeness (QED) is 0.796. The topological polar surface area (TPSA) is 90.7 Å². The summed E-state index contributed by atoms with van der Waals surface area (Å²) in [5.74, 6) is -1.31. The predicted molar refractivity (Wildman–Crippen MR) is 72.1 cm³/mol. The Kier molecular flexibility index (Phi) is 4.47. The number of carbonyl (C=O) groups excluding carboxylic acids is 1. The van der Waals surface area contributed by atoms with Crippen LogP contribution in [0.5, 0.6) is 0 Å². The van der Waals surface area contributed by atoms with E-state index < -0.39 is 5.97 Å². The third kappa shape index (κ3) is 3.42. The number of hydrogen-bond donors (Lipinski definition) is 2. The molecule has 0 aromatic carbocycles. The van der Waals surface area contributed by atoms with E-state index in [1.807, 2.05) is 0 Å². The van der Waals surface area contributed by atoms with E-state index in [2.05, 4.69) is 4.98 Å². The number of piperidine rings is 1. The molecule has 0 saturated carbocycles. The molecule has 20 heavy (non-hydrogen) atoms. The van der Waals surface area contributed by atoms with Crippen LogP contribution in [0, 0.1) is 0 Å². The number of carbonyl (C=O) groups is 2. The number of pyridine rings is 1. The van der Waals surface area contributed by atoms with E-state index in [-0.39, 0.29) is 17.7 Å². The smallest absolute Gasteiger partial charge is 0.328 e. The van der Waals surface area contributed by atoms with E-state index in [0.717, 1.165) is 6.08 Å².